The van der Waals surface area contributed by atoms with E-state index in [1.54, 1.807) is 12.4 Å². The number of benzene rings is 1. The zero-order chi connectivity index (χ0) is 17.9. The number of ether oxygens (including phenoxy) is 1. The molecule has 2 aromatic rings. The summed E-state index contributed by atoms with van der Waals surface area (Å²) in [5.41, 5.74) is 0.422. The zero-order valence-electron chi connectivity index (χ0n) is 13.2. The zero-order valence-corrected chi connectivity index (χ0v) is 15.6. The van der Waals surface area contributed by atoms with Crippen molar-refractivity contribution in [2.75, 3.05) is 13.1 Å². The number of hydrogen-bond acceptors (Lipinski definition) is 6. The number of nitrogens with zero attached hydrogens (tertiary/aromatic N) is 4. The third-order valence-corrected chi connectivity index (χ3v) is 6.12. The van der Waals surface area contributed by atoms with Gasteiger partial charge in [0, 0.05) is 18.9 Å². The summed E-state index contributed by atoms with van der Waals surface area (Å²) < 4.78 is 33.4. The van der Waals surface area contributed by atoms with Gasteiger partial charge in [0.1, 0.15) is 6.10 Å². The molecule has 1 fully saturated rings. The second kappa shape index (κ2) is 7.47. The van der Waals surface area contributed by atoms with Crippen LogP contribution in [0.2, 0.25) is 0 Å². The predicted molar refractivity (Wildman–Crippen MR) is 93.3 cm³/mol. The Balaban J connectivity index is 1.73. The van der Waals surface area contributed by atoms with Gasteiger partial charge in [-0.05, 0) is 53.0 Å². The van der Waals surface area contributed by atoms with E-state index in [1.165, 1.54) is 28.6 Å². The number of halogens is 1. The van der Waals surface area contributed by atoms with Crippen LogP contribution < -0.4 is 4.74 Å². The van der Waals surface area contributed by atoms with E-state index in [-0.39, 0.29) is 23.6 Å². The maximum Gasteiger partial charge on any atom is 0.316 e. The Labute approximate surface area is 154 Å². The van der Waals surface area contributed by atoms with E-state index in [0.29, 0.717) is 18.5 Å². The average Bonchev–Trinajstić information content (AvgIpc) is 2.64. The molecule has 0 radical (unpaired) electrons. The Hall–Kier alpha value is -2.02. The number of hydrogen-bond donors (Lipinski definition) is 0. The van der Waals surface area contributed by atoms with Crippen molar-refractivity contribution >= 4 is 26.0 Å². The molecule has 0 bridgehead atoms. The molecule has 0 aliphatic carbocycles. The largest absolute Gasteiger partial charge is 0.459 e. The van der Waals surface area contributed by atoms with Gasteiger partial charge in [-0.25, -0.2) is 18.4 Å². The van der Waals surface area contributed by atoms with E-state index in [4.69, 9.17) is 10.00 Å². The number of sulfonamides is 1. The summed E-state index contributed by atoms with van der Waals surface area (Å²) in [6.45, 7) is 0.672. The second-order valence-electron chi connectivity index (χ2n) is 5.57. The molecule has 1 aliphatic heterocycles. The van der Waals surface area contributed by atoms with E-state index in [2.05, 4.69) is 25.9 Å². The fourth-order valence-corrected chi connectivity index (χ4v) is 4.30. The highest BCUT2D eigenvalue weighted by Gasteiger charge is 2.31. The highest BCUT2D eigenvalue weighted by molar-refractivity contribution is 9.10. The number of aromatic nitrogens is 2. The quantitative estimate of drug-likeness (QED) is 0.749. The molecule has 0 amide bonds. The van der Waals surface area contributed by atoms with Gasteiger partial charge < -0.3 is 4.74 Å². The lowest BCUT2D eigenvalue weighted by molar-refractivity contribution is 0.119. The topological polar surface area (TPSA) is 96.2 Å². The third kappa shape index (κ3) is 4.15. The second-order valence-corrected chi connectivity index (χ2v) is 8.42. The van der Waals surface area contributed by atoms with Crippen LogP contribution in [0.5, 0.6) is 6.01 Å². The Morgan fingerprint density at radius 2 is 1.92 bits per heavy atom. The maximum atomic E-state index is 12.8. The van der Waals surface area contributed by atoms with Crippen molar-refractivity contribution < 1.29 is 13.2 Å². The fraction of sp³-hybridized carbons (Fsp3) is 0.312. The molecule has 0 spiro atoms. The summed E-state index contributed by atoms with van der Waals surface area (Å²) in [6.07, 6.45) is 4.28. The van der Waals surface area contributed by atoms with Crippen molar-refractivity contribution in [2.45, 2.75) is 23.8 Å². The summed E-state index contributed by atoms with van der Waals surface area (Å²) >= 11 is 3.25. The Kier molecular flexibility index (Phi) is 5.32. The van der Waals surface area contributed by atoms with Crippen molar-refractivity contribution in [3.63, 3.8) is 0 Å². The molecule has 1 aromatic carbocycles. The molecule has 1 saturated heterocycles. The van der Waals surface area contributed by atoms with Crippen LogP contribution in [0.15, 0.2) is 46.0 Å². The molecule has 130 valence electrons. The minimum atomic E-state index is -3.62. The van der Waals surface area contributed by atoms with Gasteiger partial charge in [0.25, 0.3) is 0 Å². The van der Waals surface area contributed by atoms with Crippen molar-refractivity contribution in [1.29, 1.82) is 5.26 Å². The standard InChI is InChI=1S/C16H15BrN4O3S/c17-13-9-19-16(20-10-13)24-14-2-1-7-21(11-14)25(22,23)15-5-3-12(8-18)4-6-15/h3-6,9-10,14H,1-2,7,11H2. The molecular formula is C16H15BrN4O3S. The number of piperidine rings is 1. The first-order valence-corrected chi connectivity index (χ1v) is 9.87. The lowest BCUT2D eigenvalue weighted by atomic mass is 10.1. The fourth-order valence-electron chi connectivity index (χ4n) is 2.58. The van der Waals surface area contributed by atoms with E-state index in [0.717, 1.165) is 10.9 Å². The van der Waals surface area contributed by atoms with Gasteiger partial charge in [-0.2, -0.15) is 9.57 Å². The summed E-state index contributed by atoms with van der Waals surface area (Å²) in [6, 6.07) is 8.12. The number of rotatable bonds is 4. The first-order valence-electron chi connectivity index (χ1n) is 7.63. The Morgan fingerprint density at radius 1 is 1.24 bits per heavy atom. The van der Waals surface area contributed by atoms with Gasteiger partial charge in [0.15, 0.2) is 0 Å². The Bertz CT molecular complexity index is 879. The van der Waals surface area contributed by atoms with Gasteiger partial charge in [-0.15, -0.1) is 0 Å². The molecule has 25 heavy (non-hydrogen) atoms. The van der Waals surface area contributed by atoms with Crippen LogP contribution in [0.4, 0.5) is 0 Å². The minimum Gasteiger partial charge on any atom is -0.459 e. The van der Waals surface area contributed by atoms with Crippen LogP contribution in [-0.4, -0.2) is 41.9 Å². The van der Waals surface area contributed by atoms with E-state index < -0.39 is 10.0 Å². The van der Waals surface area contributed by atoms with Crippen molar-refractivity contribution in [1.82, 2.24) is 14.3 Å². The number of nitriles is 1. The van der Waals surface area contributed by atoms with Crippen molar-refractivity contribution in [2.24, 2.45) is 0 Å². The van der Waals surface area contributed by atoms with Gasteiger partial charge in [-0.1, -0.05) is 0 Å². The van der Waals surface area contributed by atoms with Crippen molar-refractivity contribution in [3.05, 3.63) is 46.7 Å². The summed E-state index contributed by atoms with van der Waals surface area (Å²) in [4.78, 5) is 8.29. The first kappa shape index (κ1) is 17.8. The smallest absolute Gasteiger partial charge is 0.316 e. The van der Waals surface area contributed by atoms with Crippen LogP contribution in [-0.2, 0) is 10.0 Å². The SMILES string of the molecule is N#Cc1ccc(S(=O)(=O)N2CCCC(Oc3ncc(Br)cn3)C2)cc1. The lowest BCUT2D eigenvalue weighted by Gasteiger charge is -2.31. The molecule has 7 nitrogen and oxygen atoms in total. The molecular weight excluding hydrogens is 408 g/mol. The van der Waals surface area contributed by atoms with Gasteiger partial charge >= 0.3 is 6.01 Å². The lowest BCUT2D eigenvalue weighted by Crippen LogP contribution is -2.44. The van der Waals surface area contributed by atoms with Crippen LogP contribution >= 0.6 is 15.9 Å². The molecule has 0 N–H and O–H groups in total. The average molecular weight is 423 g/mol. The minimum absolute atomic E-state index is 0.173. The molecule has 1 unspecified atom stereocenters. The molecule has 1 atom stereocenters. The van der Waals surface area contributed by atoms with Gasteiger partial charge in [-0.3, -0.25) is 0 Å². The molecule has 0 saturated carbocycles. The third-order valence-electron chi connectivity index (χ3n) is 3.83. The van der Waals surface area contributed by atoms with Crippen LogP contribution in [0.1, 0.15) is 18.4 Å². The monoisotopic (exact) mass is 422 g/mol. The van der Waals surface area contributed by atoms with Crippen LogP contribution in [0, 0.1) is 11.3 Å². The van der Waals surface area contributed by atoms with E-state index >= 15 is 0 Å². The van der Waals surface area contributed by atoms with Crippen LogP contribution in [0.3, 0.4) is 0 Å². The highest BCUT2D eigenvalue weighted by Crippen LogP contribution is 2.23. The summed E-state index contributed by atoms with van der Waals surface area (Å²) in [5, 5.41) is 8.83. The summed E-state index contributed by atoms with van der Waals surface area (Å²) in [7, 11) is -3.62. The van der Waals surface area contributed by atoms with E-state index in [1.807, 2.05) is 6.07 Å². The molecule has 1 aromatic heterocycles. The van der Waals surface area contributed by atoms with Gasteiger partial charge in [0.2, 0.25) is 10.0 Å². The maximum absolute atomic E-state index is 12.8. The molecule has 9 heteroatoms. The molecule has 2 heterocycles. The van der Waals surface area contributed by atoms with Gasteiger partial charge in [0.05, 0.1) is 27.5 Å². The molecule has 1 aliphatic rings. The molecule has 3 rings (SSSR count). The van der Waals surface area contributed by atoms with E-state index in [9.17, 15) is 8.42 Å². The Morgan fingerprint density at radius 3 is 2.56 bits per heavy atom. The highest BCUT2D eigenvalue weighted by atomic mass is 79.9. The normalized spacial score (nSPS) is 18.5. The summed E-state index contributed by atoms with van der Waals surface area (Å²) in [5.74, 6) is 0. The van der Waals surface area contributed by atoms with Crippen LogP contribution in [0.25, 0.3) is 0 Å². The van der Waals surface area contributed by atoms with Crippen molar-refractivity contribution in [3.8, 4) is 12.1 Å². The first-order chi connectivity index (χ1) is 12.0. The predicted octanol–water partition coefficient (Wildman–Crippen LogP) is 2.34.